The summed E-state index contributed by atoms with van der Waals surface area (Å²) in [4.78, 5) is 30.1. The number of nitrogens with zero attached hydrogens (tertiary/aromatic N) is 3. The Balaban J connectivity index is 1.42. The molecule has 0 saturated carbocycles. The third kappa shape index (κ3) is 4.10. The minimum Gasteiger partial charge on any atom is -0.488 e. The van der Waals surface area contributed by atoms with E-state index in [-0.39, 0.29) is 24.3 Å². The summed E-state index contributed by atoms with van der Waals surface area (Å²) in [6.07, 6.45) is 1.66. The molecule has 0 spiro atoms. The number of aryl methyl sites for hydroxylation is 2. The lowest BCUT2D eigenvalue weighted by atomic mass is 10.1. The van der Waals surface area contributed by atoms with Crippen LogP contribution in [0.4, 0.5) is 0 Å². The van der Waals surface area contributed by atoms with Gasteiger partial charge in [0.1, 0.15) is 30.3 Å². The lowest BCUT2D eigenvalue weighted by Gasteiger charge is -2.13. The second-order valence-electron chi connectivity index (χ2n) is 7.50. The number of thiazole rings is 1. The Kier molecular flexibility index (Phi) is 5.39. The van der Waals surface area contributed by atoms with Gasteiger partial charge in [-0.15, -0.1) is 11.3 Å². The zero-order valence-corrected chi connectivity index (χ0v) is 18.7. The molecule has 0 aliphatic rings. The monoisotopic (exact) mass is 461 g/mol. The SMILES string of the molecule is Cc1noc(C)c1COc1cc2ccccc2cc1C(=O)OCc1cc(=O)n2ccsc2n1. The first kappa shape index (κ1) is 20.9. The molecule has 0 fully saturated rings. The number of carbonyl (C=O) groups is 1. The van der Waals surface area contributed by atoms with Crippen molar-refractivity contribution in [2.45, 2.75) is 27.1 Å². The molecular weight excluding hydrogens is 442 g/mol. The minimum absolute atomic E-state index is 0.126. The Bertz CT molecular complexity index is 1530. The van der Waals surface area contributed by atoms with Crippen LogP contribution in [0.2, 0.25) is 0 Å². The lowest BCUT2D eigenvalue weighted by Crippen LogP contribution is -2.15. The van der Waals surface area contributed by atoms with E-state index in [0.29, 0.717) is 22.2 Å². The average molecular weight is 461 g/mol. The molecule has 0 bridgehead atoms. The molecule has 3 aromatic heterocycles. The maximum atomic E-state index is 13.0. The molecule has 3 heterocycles. The van der Waals surface area contributed by atoms with Crippen LogP contribution in [-0.4, -0.2) is 20.5 Å². The van der Waals surface area contributed by atoms with E-state index in [4.69, 9.17) is 14.0 Å². The number of ether oxygens (including phenoxy) is 2. The van der Waals surface area contributed by atoms with Gasteiger partial charge in [-0.25, -0.2) is 9.78 Å². The molecule has 0 unspecified atom stereocenters. The summed E-state index contributed by atoms with van der Waals surface area (Å²) >= 11 is 1.34. The number of esters is 1. The standard InChI is InChI=1S/C24H19N3O5S/c1-14-20(15(2)32-26-14)13-30-21-10-17-6-4-3-5-16(17)9-19(21)23(29)31-12-18-11-22(28)27-7-8-33-24(27)25-18/h3-11H,12-13H2,1-2H3. The van der Waals surface area contributed by atoms with Gasteiger partial charge in [-0.05, 0) is 36.8 Å². The Morgan fingerprint density at radius 1 is 1.12 bits per heavy atom. The summed E-state index contributed by atoms with van der Waals surface area (Å²) in [5.41, 5.74) is 2.01. The normalized spacial score (nSPS) is 11.2. The highest BCUT2D eigenvalue weighted by Crippen LogP contribution is 2.28. The molecule has 0 aliphatic carbocycles. The van der Waals surface area contributed by atoms with Gasteiger partial charge < -0.3 is 14.0 Å². The van der Waals surface area contributed by atoms with Crippen LogP contribution < -0.4 is 10.3 Å². The summed E-state index contributed by atoms with van der Waals surface area (Å²) < 4.78 is 18.2. The van der Waals surface area contributed by atoms with E-state index in [1.807, 2.05) is 44.2 Å². The third-order valence-corrected chi connectivity index (χ3v) is 6.09. The van der Waals surface area contributed by atoms with Crippen LogP contribution in [0, 0.1) is 13.8 Å². The quantitative estimate of drug-likeness (QED) is 0.345. The minimum atomic E-state index is -0.567. The Labute approximate surface area is 192 Å². The molecule has 5 aromatic rings. The van der Waals surface area contributed by atoms with Crippen molar-refractivity contribution in [3.05, 3.63) is 92.7 Å². The summed E-state index contributed by atoms with van der Waals surface area (Å²) in [7, 11) is 0. The predicted molar refractivity (Wildman–Crippen MR) is 123 cm³/mol. The summed E-state index contributed by atoms with van der Waals surface area (Å²) in [6.45, 7) is 3.73. The maximum absolute atomic E-state index is 13.0. The molecule has 0 saturated heterocycles. The van der Waals surface area contributed by atoms with Crippen molar-refractivity contribution in [1.82, 2.24) is 14.5 Å². The number of hydrogen-bond donors (Lipinski definition) is 0. The molecule has 33 heavy (non-hydrogen) atoms. The van der Waals surface area contributed by atoms with E-state index >= 15 is 0 Å². The van der Waals surface area contributed by atoms with Crippen LogP contribution in [0.25, 0.3) is 15.7 Å². The highest BCUT2D eigenvalue weighted by molar-refractivity contribution is 7.15. The molecule has 0 radical (unpaired) electrons. The van der Waals surface area contributed by atoms with E-state index in [1.54, 1.807) is 17.6 Å². The maximum Gasteiger partial charge on any atom is 0.342 e. The molecule has 166 valence electrons. The first-order valence-electron chi connectivity index (χ1n) is 10.2. The molecule has 9 heteroatoms. The van der Waals surface area contributed by atoms with Gasteiger partial charge in [0.2, 0.25) is 0 Å². The van der Waals surface area contributed by atoms with Crippen LogP contribution in [-0.2, 0) is 18.0 Å². The highest BCUT2D eigenvalue weighted by Gasteiger charge is 2.18. The van der Waals surface area contributed by atoms with Gasteiger partial charge in [0.05, 0.1) is 17.0 Å². The van der Waals surface area contributed by atoms with Crippen LogP contribution in [0.3, 0.4) is 0 Å². The van der Waals surface area contributed by atoms with Crippen molar-refractivity contribution < 1.29 is 18.8 Å². The molecule has 2 aromatic carbocycles. The Morgan fingerprint density at radius 3 is 2.67 bits per heavy atom. The molecule has 8 nitrogen and oxygen atoms in total. The second kappa shape index (κ2) is 8.51. The molecule has 0 aliphatic heterocycles. The van der Waals surface area contributed by atoms with Gasteiger partial charge >= 0.3 is 5.97 Å². The predicted octanol–water partition coefficient (Wildman–Crippen LogP) is 4.45. The number of benzene rings is 2. The van der Waals surface area contributed by atoms with E-state index in [0.717, 1.165) is 22.0 Å². The fourth-order valence-electron chi connectivity index (χ4n) is 3.54. The third-order valence-electron chi connectivity index (χ3n) is 5.33. The highest BCUT2D eigenvalue weighted by atomic mass is 32.1. The summed E-state index contributed by atoms with van der Waals surface area (Å²) in [5, 5.41) is 7.53. The van der Waals surface area contributed by atoms with Crippen LogP contribution in [0.15, 0.2) is 63.4 Å². The van der Waals surface area contributed by atoms with Crippen molar-refractivity contribution in [1.29, 1.82) is 0 Å². The topological polar surface area (TPSA) is 95.9 Å². The zero-order chi connectivity index (χ0) is 22.9. The largest absolute Gasteiger partial charge is 0.488 e. The van der Waals surface area contributed by atoms with Crippen molar-refractivity contribution in [2.75, 3.05) is 0 Å². The average Bonchev–Trinajstić information content (AvgIpc) is 3.42. The van der Waals surface area contributed by atoms with Crippen molar-refractivity contribution in [2.24, 2.45) is 0 Å². The van der Waals surface area contributed by atoms with E-state index < -0.39 is 5.97 Å². The van der Waals surface area contributed by atoms with Gasteiger partial charge in [0.15, 0.2) is 4.96 Å². The van der Waals surface area contributed by atoms with Gasteiger partial charge in [0.25, 0.3) is 5.56 Å². The van der Waals surface area contributed by atoms with Gasteiger partial charge in [-0.1, -0.05) is 29.4 Å². The number of hydrogen-bond acceptors (Lipinski definition) is 8. The van der Waals surface area contributed by atoms with E-state index in [9.17, 15) is 9.59 Å². The molecule has 5 rings (SSSR count). The Hall–Kier alpha value is -3.98. The van der Waals surface area contributed by atoms with Gasteiger partial charge in [-0.2, -0.15) is 0 Å². The van der Waals surface area contributed by atoms with Crippen LogP contribution in [0.5, 0.6) is 5.75 Å². The zero-order valence-electron chi connectivity index (χ0n) is 17.9. The number of fused-ring (bicyclic) bond motifs is 2. The van der Waals surface area contributed by atoms with Crippen molar-refractivity contribution in [3.8, 4) is 5.75 Å². The fourth-order valence-corrected chi connectivity index (χ4v) is 4.27. The van der Waals surface area contributed by atoms with Crippen molar-refractivity contribution >= 4 is 33.0 Å². The molecule has 0 atom stereocenters. The summed E-state index contributed by atoms with van der Waals surface area (Å²) in [5.74, 6) is 0.488. The molecular formula is C24H19N3O5S. The Morgan fingerprint density at radius 2 is 1.91 bits per heavy atom. The number of rotatable bonds is 6. The first-order valence-corrected chi connectivity index (χ1v) is 11.1. The van der Waals surface area contributed by atoms with Crippen molar-refractivity contribution in [3.63, 3.8) is 0 Å². The molecule has 0 amide bonds. The van der Waals surface area contributed by atoms with Crippen LogP contribution in [0.1, 0.15) is 33.1 Å². The number of carbonyl (C=O) groups excluding carboxylic acids is 1. The summed E-state index contributed by atoms with van der Waals surface area (Å²) in [6, 6.07) is 12.6. The smallest absolute Gasteiger partial charge is 0.342 e. The van der Waals surface area contributed by atoms with E-state index in [1.165, 1.54) is 21.8 Å². The van der Waals surface area contributed by atoms with Gasteiger partial charge in [-0.3, -0.25) is 9.20 Å². The first-order chi connectivity index (χ1) is 16.0. The van der Waals surface area contributed by atoms with Gasteiger partial charge in [0, 0.05) is 17.6 Å². The van der Waals surface area contributed by atoms with Crippen LogP contribution >= 0.6 is 11.3 Å². The van der Waals surface area contributed by atoms with E-state index in [2.05, 4.69) is 10.1 Å². The number of aromatic nitrogens is 3. The second-order valence-corrected chi connectivity index (χ2v) is 8.38. The lowest BCUT2D eigenvalue weighted by molar-refractivity contribution is 0.0463. The molecule has 0 N–H and O–H groups in total. The fraction of sp³-hybridized carbons (Fsp3) is 0.167.